The fourth-order valence-electron chi connectivity index (χ4n) is 3.19. The molecule has 0 spiro atoms. The second-order valence-corrected chi connectivity index (χ2v) is 7.47. The summed E-state index contributed by atoms with van der Waals surface area (Å²) in [5.74, 6) is 2.04. The first-order valence-electron chi connectivity index (χ1n) is 8.15. The topological polar surface area (TPSA) is 29.9 Å². The van der Waals surface area contributed by atoms with Gasteiger partial charge in [0, 0.05) is 36.7 Å². The minimum Gasteiger partial charge on any atom is -0.328 e. The predicted molar refractivity (Wildman–Crippen MR) is 85.1 cm³/mol. The molecule has 114 valence electrons. The Labute approximate surface area is 124 Å². The standard InChI is InChI=1S/C17H31N3/c1-7-12(2)10-13(3)20-15-8-9-18-11-14(15)19-16(20)17(4,5)6/h12-13,18H,7-11H2,1-6H3. The van der Waals surface area contributed by atoms with Gasteiger partial charge < -0.3 is 9.88 Å². The zero-order chi connectivity index (χ0) is 14.9. The van der Waals surface area contributed by atoms with Crippen molar-refractivity contribution in [2.24, 2.45) is 5.92 Å². The van der Waals surface area contributed by atoms with Crippen LogP contribution in [-0.4, -0.2) is 16.1 Å². The molecule has 1 aliphatic heterocycles. The van der Waals surface area contributed by atoms with Crippen LogP contribution in [0.2, 0.25) is 0 Å². The Bertz CT molecular complexity index is 454. The molecule has 0 fully saturated rings. The van der Waals surface area contributed by atoms with Crippen molar-refractivity contribution in [3.63, 3.8) is 0 Å². The third-order valence-electron chi connectivity index (χ3n) is 4.48. The van der Waals surface area contributed by atoms with Crippen LogP contribution in [0.1, 0.15) is 77.6 Å². The van der Waals surface area contributed by atoms with Crippen molar-refractivity contribution in [1.82, 2.24) is 14.9 Å². The molecule has 3 nitrogen and oxygen atoms in total. The lowest BCUT2D eigenvalue weighted by atomic mass is 9.94. The van der Waals surface area contributed by atoms with Gasteiger partial charge in [0.25, 0.3) is 0 Å². The summed E-state index contributed by atoms with van der Waals surface area (Å²) >= 11 is 0. The molecule has 0 bridgehead atoms. The Hall–Kier alpha value is -0.830. The summed E-state index contributed by atoms with van der Waals surface area (Å²) in [6.45, 7) is 15.9. The van der Waals surface area contributed by atoms with Gasteiger partial charge >= 0.3 is 0 Å². The molecule has 1 aromatic rings. The third kappa shape index (κ3) is 3.08. The number of nitrogens with one attached hydrogen (secondary N) is 1. The fourth-order valence-corrected chi connectivity index (χ4v) is 3.19. The van der Waals surface area contributed by atoms with Crippen molar-refractivity contribution in [2.45, 2.75) is 78.8 Å². The quantitative estimate of drug-likeness (QED) is 0.906. The van der Waals surface area contributed by atoms with E-state index in [0.717, 1.165) is 25.4 Å². The van der Waals surface area contributed by atoms with E-state index in [1.807, 2.05) is 0 Å². The summed E-state index contributed by atoms with van der Waals surface area (Å²) in [5.41, 5.74) is 2.86. The van der Waals surface area contributed by atoms with E-state index in [1.165, 1.54) is 30.1 Å². The van der Waals surface area contributed by atoms with Gasteiger partial charge in [0.2, 0.25) is 0 Å². The van der Waals surface area contributed by atoms with E-state index >= 15 is 0 Å². The van der Waals surface area contributed by atoms with Crippen molar-refractivity contribution >= 4 is 0 Å². The molecule has 0 radical (unpaired) electrons. The molecular formula is C17H31N3. The number of rotatable bonds is 4. The van der Waals surface area contributed by atoms with Crippen LogP contribution in [0.15, 0.2) is 0 Å². The Kier molecular flexibility index (Phi) is 4.58. The number of hydrogen-bond donors (Lipinski definition) is 1. The molecule has 0 aliphatic carbocycles. The van der Waals surface area contributed by atoms with Crippen LogP contribution in [0.25, 0.3) is 0 Å². The van der Waals surface area contributed by atoms with Crippen LogP contribution >= 0.6 is 0 Å². The molecule has 2 heterocycles. The van der Waals surface area contributed by atoms with Gasteiger partial charge in [-0.1, -0.05) is 41.0 Å². The van der Waals surface area contributed by atoms with Gasteiger partial charge in [-0.3, -0.25) is 0 Å². The summed E-state index contributed by atoms with van der Waals surface area (Å²) in [7, 11) is 0. The molecule has 3 heteroatoms. The van der Waals surface area contributed by atoms with Gasteiger partial charge in [0.1, 0.15) is 5.82 Å². The first kappa shape index (κ1) is 15.6. The minimum absolute atomic E-state index is 0.112. The predicted octanol–water partition coefficient (Wildman–Crippen LogP) is 3.82. The second kappa shape index (κ2) is 5.88. The lowest BCUT2D eigenvalue weighted by molar-refractivity contribution is 0.363. The van der Waals surface area contributed by atoms with Crippen molar-refractivity contribution in [3.05, 3.63) is 17.2 Å². The maximum atomic E-state index is 4.98. The molecule has 0 aromatic carbocycles. The molecule has 1 aliphatic rings. The largest absolute Gasteiger partial charge is 0.328 e. The van der Waals surface area contributed by atoms with E-state index < -0.39 is 0 Å². The first-order valence-corrected chi connectivity index (χ1v) is 8.15. The fraction of sp³-hybridized carbons (Fsp3) is 0.824. The van der Waals surface area contributed by atoms with Gasteiger partial charge in [-0.15, -0.1) is 0 Å². The molecule has 20 heavy (non-hydrogen) atoms. The number of fused-ring (bicyclic) bond motifs is 1. The number of aromatic nitrogens is 2. The van der Waals surface area contributed by atoms with E-state index in [9.17, 15) is 0 Å². The average Bonchev–Trinajstić information content (AvgIpc) is 2.77. The number of nitrogens with zero attached hydrogens (tertiary/aromatic N) is 2. The van der Waals surface area contributed by atoms with Crippen LogP contribution in [0.5, 0.6) is 0 Å². The van der Waals surface area contributed by atoms with Gasteiger partial charge in [0.15, 0.2) is 0 Å². The lowest BCUT2D eigenvalue weighted by Crippen LogP contribution is -2.27. The summed E-state index contributed by atoms with van der Waals surface area (Å²) in [5, 5.41) is 3.45. The molecule has 2 rings (SSSR count). The monoisotopic (exact) mass is 277 g/mol. The number of imidazole rings is 1. The van der Waals surface area contributed by atoms with E-state index in [1.54, 1.807) is 0 Å². The van der Waals surface area contributed by atoms with Crippen LogP contribution in [0.4, 0.5) is 0 Å². The zero-order valence-electron chi connectivity index (χ0n) is 14.1. The van der Waals surface area contributed by atoms with E-state index in [4.69, 9.17) is 4.98 Å². The maximum Gasteiger partial charge on any atom is 0.114 e. The van der Waals surface area contributed by atoms with Crippen molar-refractivity contribution in [2.75, 3.05) is 6.54 Å². The minimum atomic E-state index is 0.112. The van der Waals surface area contributed by atoms with Gasteiger partial charge in [0.05, 0.1) is 5.69 Å². The molecule has 1 N–H and O–H groups in total. The normalized spacial score (nSPS) is 18.7. The molecule has 0 saturated carbocycles. The highest BCUT2D eigenvalue weighted by molar-refractivity contribution is 5.24. The van der Waals surface area contributed by atoms with Gasteiger partial charge in [-0.05, 0) is 19.3 Å². The van der Waals surface area contributed by atoms with Crippen LogP contribution in [0.3, 0.4) is 0 Å². The average molecular weight is 277 g/mol. The van der Waals surface area contributed by atoms with Crippen LogP contribution < -0.4 is 5.32 Å². The van der Waals surface area contributed by atoms with Crippen molar-refractivity contribution in [1.29, 1.82) is 0 Å². The Morgan fingerprint density at radius 3 is 2.60 bits per heavy atom. The van der Waals surface area contributed by atoms with E-state index in [-0.39, 0.29) is 5.41 Å². The highest BCUT2D eigenvalue weighted by Gasteiger charge is 2.29. The summed E-state index contributed by atoms with van der Waals surface area (Å²) in [6, 6.07) is 0.550. The second-order valence-electron chi connectivity index (χ2n) is 7.47. The summed E-state index contributed by atoms with van der Waals surface area (Å²) in [6.07, 6.45) is 3.62. The first-order chi connectivity index (χ1) is 9.34. The Morgan fingerprint density at radius 1 is 1.30 bits per heavy atom. The molecule has 2 unspecified atom stereocenters. The molecular weight excluding hydrogens is 246 g/mol. The van der Waals surface area contributed by atoms with E-state index in [2.05, 4.69) is 51.4 Å². The lowest BCUT2D eigenvalue weighted by Gasteiger charge is -2.28. The zero-order valence-corrected chi connectivity index (χ0v) is 14.1. The molecule has 2 atom stereocenters. The van der Waals surface area contributed by atoms with Crippen LogP contribution in [0, 0.1) is 5.92 Å². The number of hydrogen-bond acceptors (Lipinski definition) is 2. The van der Waals surface area contributed by atoms with Crippen molar-refractivity contribution in [3.8, 4) is 0 Å². The molecule has 1 aromatic heterocycles. The summed E-state index contributed by atoms with van der Waals surface area (Å²) in [4.78, 5) is 4.98. The molecule has 0 saturated heterocycles. The molecule has 0 amide bonds. The van der Waals surface area contributed by atoms with Crippen LogP contribution in [-0.2, 0) is 18.4 Å². The Morgan fingerprint density at radius 2 is 2.00 bits per heavy atom. The van der Waals surface area contributed by atoms with E-state index in [0.29, 0.717) is 6.04 Å². The maximum absolute atomic E-state index is 4.98. The highest BCUT2D eigenvalue weighted by atomic mass is 15.1. The summed E-state index contributed by atoms with van der Waals surface area (Å²) < 4.78 is 2.56. The smallest absolute Gasteiger partial charge is 0.114 e. The van der Waals surface area contributed by atoms with Gasteiger partial charge in [-0.25, -0.2) is 4.98 Å². The highest BCUT2D eigenvalue weighted by Crippen LogP contribution is 2.32. The Balaban J connectivity index is 2.40. The van der Waals surface area contributed by atoms with Crippen molar-refractivity contribution < 1.29 is 0 Å². The van der Waals surface area contributed by atoms with Gasteiger partial charge in [-0.2, -0.15) is 0 Å². The third-order valence-corrected chi connectivity index (χ3v) is 4.48. The SMILES string of the molecule is CCC(C)CC(C)n1c(C(C)(C)C)nc2c1CCNC2.